The summed E-state index contributed by atoms with van der Waals surface area (Å²) in [7, 11) is 0. The first-order valence-electron chi connectivity index (χ1n) is 13.4. The van der Waals surface area contributed by atoms with E-state index in [0.717, 1.165) is 66.6 Å². The summed E-state index contributed by atoms with van der Waals surface area (Å²) in [5.74, 6) is -0.781. The standard InChI is InChI=1S/C28H33N7O3/c1-2-3-9-20-18-35(25-13-6-4-5-12-23(25)27(36)37)28(38)34(20)17-19-14-15-24(29-16-19)21-10-7-8-11-22(21)26-30-32-33-31-26/h7-8,10-11,14-16,18,23,25H,2-6,9,12-13,17H2,1H3,(H,36,37)(H,30,31,32,33). The molecule has 1 fully saturated rings. The number of carbonyl (C=O) groups is 1. The van der Waals surface area contributed by atoms with Gasteiger partial charge in [0.05, 0.1) is 24.2 Å². The van der Waals surface area contributed by atoms with Crippen molar-refractivity contribution in [3.8, 4) is 22.6 Å². The van der Waals surface area contributed by atoms with Crippen molar-refractivity contribution < 1.29 is 9.90 Å². The Bertz CT molecular complexity index is 1420. The van der Waals surface area contributed by atoms with Crippen LogP contribution in [-0.2, 0) is 17.8 Å². The van der Waals surface area contributed by atoms with Crippen LogP contribution < -0.4 is 5.69 Å². The zero-order valence-electron chi connectivity index (χ0n) is 21.6. The summed E-state index contributed by atoms with van der Waals surface area (Å²) in [5, 5.41) is 24.1. The number of pyridine rings is 1. The van der Waals surface area contributed by atoms with E-state index < -0.39 is 11.9 Å². The van der Waals surface area contributed by atoms with Gasteiger partial charge in [-0.2, -0.15) is 0 Å². The van der Waals surface area contributed by atoms with Crippen molar-refractivity contribution in [2.75, 3.05) is 0 Å². The third kappa shape index (κ3) is 5.29. The molecule has 38 heavy (non-hydrogen) atoms. The number of H-pyrrole nitrogens is 1. The fraction of sp³-hybridized carbons (Fsp3) is 0.429. The van der Waals surface area contributed by atoms with E-state index >= 15 is 0 Å². The van der Waals surface area contributed by atoms with Gasteiger partial charge < -0.3 is 5.11 Å². The number of carboxylic acids is 1. The van der Waals surface area contributed by atoms with E-state index in [0.29, 0.717) is 25.2 Å². The lowest BCUT2D eigenvalue weighted by Crippen LogP contribution is -2.34. The number of carboxylic acid groups (broad SMARTS) is 1. The van der Waals surface area contributed by atoms with Gasteiger partial charge in [0, 0.05) is 29.2 Å². The molecule has 3 aromatic heterocycles. The quantitative estimate of drug-likeness (QED) is 0.314. The summed E-state index contributed by atoms with van der Waals surface area (Å²) in [6, 6.07) is 11.4. The first kappa shape index (κ1) is 25.6. The number of aromatic nitrogens is 7. The lowest BCUT2D eigenvalue weighted by Gasteiger charge is -2.22. The van der Waals surface area contributed by atoms with Crippen LogP contribution in [0.2, 0.25) is 0 Å². The average Bonchev–Trinajstić information content (AvgIpc) is 3.49. The Hall–Kier alpha value is -4.08. The van der Waals surface area contributed by atoms with E-state index in [4.69, 9.17) is 4.98 Å². The van der Waals surface area contributed by atoms with Gasteiger partial charge in [0.1, 0.15) is 0 Å². The number of imidazole rings is 1. The minimum absolute atomic E-state index is 0.138. The predicted molar refractivity (Wildman–Crippen MR) is 142 cm³/mol. The van der Waals surface area contributed by atoms with Crippen molar-refractivity contribution >= 4 is 5.97 Å². The molecule has 1 aliphatic carbocycles. The topological polar surface area (TPSA) is 132 Å². The van der Waals surface area contributed by atoms with Gasteiger partial charge in [-0.1, -0.05) is 62.9 Å². The highest BCUT2D eigenvalue weighted by atomic mass is 16.4. The van der Waals surface area contributed by atoms with Gasteiger partial charge in [-0.3, -0.25) is 18.9 Å². The Morgan fingerprint density at radius 2 is 1.92 bits per heavy atom. The number of nitrogens with zero attached hydrogens (tertiary/aromatic N) is 6. The summed E-state index contributed by atoms with van der Waals surface area (Å²) < 4.78 is 3.50. The number of aromatic amines is 1. The lowest BCUT2D eigenvalue weighted by molar-refractivity contribution is -0.143. The maximum absolute atomic E-state index is 13.7. The number of benzene rings is 1. The molecule has 1 saturated carbocycles. The van der Waals surface area contributed by atoms with Crippen LogP contribution in [0.15, 0.2) is 53.6 Å². The number of hydrogen-bond acceptors (Lipinski definition) is 6. The smallest absolute Gasteiger partial charge is 0.328 e. The van der Waals surface area contributed by atoms with Gasteiger partial charge in [0.2, 0.25) is 0 Å². The molecule has 0 spiro atoms. The third-order valence-electron chi connectivity index (χ3n) is 7.50. The minimum Gasteiger partial charge on any atom is -0.481 e. The summed E-state index contributed by atoms with van der Waals surface area (Å²) in [5.41, 5.74) is 4.24. The van der Waals surface area contributed by atoms with Crippen molar-refractivity contribution in [3.63, 3.8) is 0 Å². The second kappa shape index (κ2) is 11.5. The highest BCUT2D eigenvalue weighted by Crippen LogP contribution is 2.33. The normalized spacial score (nSPS) is 17.8. The lowest BCUT2D eigenvalue weighted by atomic mass is 9.95. The Balaban J connectivity index is 1.45. The molecule has 1 aromatic carbocycles. The summed E-state index contributed by atoms with van der Waals surface area (Å²) in [4.78, 5) is 30.5. The van der Waals surface area contributed by atoms with Crippen LogP contribution in [0.5, 0.6) is 0 Å². The highest BCUT2D eigenvalue weighted by molar-refractivity contribution is 5.78. The van der Waals surface area contributed by atoms with E-state index in [-0.39, 0.29) is 11.7 Å². The molecule has 4 aromatic rings. The second-order valence-electron chi connectivity index (χ2n) is 10.00. The van der Waals surface area contributed by atoms with Crippen molar-refractivity contribution in [2.24, 2.45) is 5.92 Å². The maximum atomic E-state index is 13.7. The molecule has 0 amide bonds. The molecule has 10 heteroatoms. The Labute approximate surface area is 220 Å². The number of unbranched alkanes of at least 4 members (excludes halogenated alkanes) is 1. The van der Waals surface area contributed by atoms with Crippen LogP contribution in [0.25, 0.3) is 22.6 Å². The number of aliphatic carboxylic acids is 1. The molecular weight excluding hydrogens is 482 g/mol. The third-order valence-corrected chi connectivity index (χ3v) is 7.50. The van der Waals surface area contributed by atoms with Crippen LogP contribution in [0, 0.1) is 5.92 Å². The van der Waals surface area contributed by atoms with Crippen molar-refractivity contribution in [1.82, 2.24) is 34.7 Å². The van der Waals surface area contributed by atoms with Gasteiger partial charge in [-0.15, -0.1) is 5.10 Å². The summed E-state index contributed by atoms with van der Waals surface area (Å²) >= 11 is 0. The molecule has 0 saturated heterocycles. The molecule has 2 unspecified atom stereocenters. The largest absolute Gasteiger partial charge is 0.481 e. The van der Waals surface area contributed by atoms with Gasteiger partial charge >= 0.3 is 11.7 Å². The predicted octanol–water partition coefficient (Wildman–Crippen LogP) is 4.49. The fourth-order valence-corrected chi connectivity index (χ4v) is 5.47. The van der Waals surface area contributed by atoms with E-state index in [2.05, 4.69) is 27.5 Å². The van der Waals surface area contributed by atoms with Crippen LogP contribution in [0.3, 0.4) is 0 Å². The fourth-order valence-electron chi connectivity index (χ4n) is 5.47. The van der Waals surface area contributed by atoms with Crippen molar-refractivity contribution in [3.05, 3.63) is 70.5 Å². The minimum atomic E-state index is -0.812. The first-order chi connectivity index (χ1) is 18.6. The SMILES string of the molecule is CCCCc1cn(C2CCCCCC2C(=O)O)c(=O)n1Cc1ccc(-c2ccccc2-c2nnn[nH]2)nc1. The molecule has 2 N–H and O–H groups in total. The molecule has 5 rings (SSSR count). The summed E-state index contributed by atoms with van der Waals surface area (Å²) in [6.45, 7) is 2.51. The molecule has 1 aliphatic rings. The van der Waals surface area contributed by atoms with E-state index in [1.54, 1.807) is 15.3 Å². The van der Waals surface area contributed by atoms with Crippen LogP contribution in [-0.4, -0.2) is 45.8 Å². The van der Waals surface area contributed by atoms with E-state index in [1.165, 1.54) is 0 Å². The van der Waals surface area contributed by atoms with E-state index in [9.17, 15) is 14.7 Å². The van der Waals surface area contributed by atoms with Gasteiger partial charge in [0.15, 0.2) is 5.82 Å². The number of tetrazole rings is 1. The zero-order chi connectivity index (χ0) is 26.5. The number of nitrogens with one attached hydrogen (secondary N) is 1. The molecule has 198 valence electrons. The second-order valence-corrected chi connectivity index (χ2v) is 10.00. The molecule has 3 heterocycles. The van der Waals surface area contributed by atoms with E-state index in [1.807, 2.05) is 42.6 Å². The van der Waals surface area contributed by atoms with Crippen LogP contribution in [0.1, 0.15) is 69.2 Å². The Morgan fingerprint density at radius 1 is 1.11 bits per heavy atom. The summed E-state index contributed by atoms with van der Waals surface area (Å²) in [6.07, 6.45) is 10.6. The Kier molecular flexibility index (Phi) is 7.76. The van der Waals surface area contributed by atoms with Crippen LogP contribution in [0.4, 0.5) is 0 Å². The van der Waals surface area contributed by atoms with Gasteiger partial charge in [-0.25, -0.2) is 9.89 Å². The highest BCUT2D eigenvalue weighted by Gasteiger charge is 2.32. The van der Waals surface area contributed by atoms with Crippen molar-refractivity contribution in [2.45, 2.75) is 70.9 Å². The van der Waals surface area contributed by atoms with Crippen molar-refractivity contribution in [1.29, 1.82) is 0 Å². The number of aryl methyl sites for hydroxylation is 1. The number of rotatable bonds is 9. The monoisotopic (exact) mass is 515 g/mol. The first-order valence-corrected chi connectivity index (χ1v) is 13.4. The molecule has 0 aliphatic heterocycles. The van der Waals surface area contributed by atoms with Gasteiger partial charge in [0.25, 0.3) is 0 Å². The zero-order valence-corrected chi connectivity index (χ0v) is 21.6. The molecule has 0 bridgehead atoms. The van der Waals surface area contributed by atoms with Gasteiger partial charge in [-0.05, 0) is 47.7 Å². The number of hydrogen-bond donors (Lipinski definition) is 2. The molecule has 10 nitrogen and oxygen atoms in total. The molecular formula is C28H33N7O3. The maximum Gasteiger partial charge on any atom is 0.328 e. The molecule has 2 atom stereocenters. The Morgan fingerprint density at radius 3 is 2.63 bits per heavy atom. The molecule has 0 radical (unpaired) electrons. The van der Waals surface area contributed by atoms with Crippen LogP contribution >= 0.6 is 0 Å². The average molecular weight is 516 g/mol.